The first-order chi connectivity index (χ1) is 16.8. The maximum atomic E-state index is 13.6. The number of amides is 4. The van der Waals surface area contributed by atoms with Gasteiger partial charge in [0, 0.05) is 32.7 Å². The summed E-state index contributed by atoms with van der Waals surface area (Å²) in [6.45, 7) is 1.95. The van der Waals surface area contributed by atoms with Gasteiger partial charge >= 0.3 is 6.03 Å². The van der Waals surface area contributed by atoms with Crippen LogP contribution in [0.5, 0.6) is 0 Å². The third-order valence-electron chi connectivity index (χ3n) is 6.32. The third-order valence-corrected chi connectivity index (χ3v) is 6.32. The number of imidazole rings is 1. The maximum Gasteiger partial charge on any atom is 0.325 e. The van der Waals surface area contributed by atoms with Crippen molar-refractivity contribution in [1.82, 2.24) is 24.8 Å². The third kappa shape index (κ3) is 4.72. The minimum atomic E-state index is -0.980. The summed E-state index contributed by atoms with van der Waals surface area (Å²) >= 11 is 0. The van der Waals surface area contributed by atoms with Crippen molar-refractivity contribution in [3.63, 3.8) is 0 Å². The maximum absolute atomic E-state index is 13.6. The number of likely N-dealkylation sites (N-methyl/N-ethyl adjacent to an activating group) is 1. The molecular formula is C25H29N7O3. The molecular weight excluding hydrogens is 446 g/mol. The van der Waals surface area contributed by atoms with Gasteiger partial charge in [-0.05, 0) is 36.1 Å². The summed E-state index contributed by atoms with van der Waals surface area (Å²) in [5, 5.41) is 2.92. The fraction of sp³-hybridized carbons (Fsp3) is 0.320. The first kappa shape index (κ1) is 23.9. The Morgan fingerprint density at radius 3 is 2.54 bits per heavy atom. The van der Waals surface area contributed by atoms with E-state index in [2.05, 4.69) is 15.3 Å². The van der Waals surface area contributed by atoms with Crippen molar-refractivity contribution in [3.05, 3.63) is 72.2 Å². The van der Waals surface area contributed by atoms with E-state index in [9.17, 15) is 14.4 Å². The average Bonchev–Trinajstić information content (AvgIpc) is 3.29. The highest BCUT2D eigenvalue weighted by molar-refractivity contribution is 6.12. The SMILES string of the molecule is CCC(NC(=O)N1C(=O)[C@H](Cc2ccnc(N)c2)[C@H]1C(=O)N(C)c1nccn1C)c1ccccc1. The zero-order chi connectivity index (χ0) is 25.1. The van der Waals surface area contributed by atoms with Crippen LogP contribution in [0.2, 0.25) is 0 Å². The van der Waals surface area contributed by atoms with E-state index < -0.39 is 29.8 Å². The first-order valence-corrected chi connectivity index (χ1v) is 11.5. The molecule has 10 nitrogen and oxygen atoms in total. The highest BCUT2D eigenvalue weighted by Crippen LogP contribution is 2.33. The lowest BCUT2D eigenvalue weighted by Gasteiger charge is -2.45. The Labute approximate surface area is 203 Å². The molecule has 10 heteroatoms. The standard InChI is InChI=1S/C25H29N7O3/c1-4-19(17-8-6-5-7-9-17)29-25(35)32-21(23(34)31(3)24-28-12-13-30(24)2)18(22(32)33)14-16-10-11-27-20(26)15-16/h5-13,15,18-19,21H,4,14H2,1-3H3,(H2,26,27)(H,29,35)/t18-,19?,21+/m1/s1. The van der Waals surface area contributed by atoms with Crippen LogP contribution in [0.3, 0.4) is 0 Å². The molecule has 1 unspecified atom stereocenters. The van der Waals surface area contributed by atoms with Gasteiger partial charge in [0.05, 0.1) is 12.0 Å². The Hall–Kier alpha value is -4.21. The molecule has 4 rings (SSSR count). The number of benzene rings is 1. The zero-order valence-electron chi connectivity index (χ0n) is 20.0. The second-order valence-electron chi connectivity index (χ2n) is 8.61. The number of nitrogens with one attached hydrogen (secondary N) is 1. The molecule has 1 aliphatic heterocycles. The van der Waals surface area contributed by atoms with Crippen molar-refractivity contribution < 1.29 is 14.4 Å². The van der Waals surface area contributed by atoms with Crippen molar-refractivity contribution in [2.24, 2.45) is 13.0 Å². The number of imide groups is 1. The number of pyridine rings is 1. The van der Waals surface area contributed by atoms with E-state index in [0.29, 0.717) is 18.2 Å². The van der Waals surface area contributed by atoms with Gasteiger partial charge in [-0.25, -0.2) is 14.8 Å². The smallest absolute Gasteiger partial charge is 0.325 e. The van der Waals surface area contributed by atoms with Crippen LogP contribution in [0.15, 0.2) is 61.1 Å². The largest absolute Gasteiger partial charge is 0.384 e. The Morgan fingerprint density at radius 1 is 1.17 bits per heavy atom. The van der Waals surface area contributed by atoms with Gasteiger partial charge in [-0.3, -0.25) is 19.4 Å². The van der Waals surface area contributed by atoms with Gasteiger partial charge in [0.1, 0.15) is 11.9 Å². The predicted molar refractivity (Wildman–Crippen MR) is 131 cm³/mol. The lowest BCUT2D eigenvalue weighted by Crippen LogP contribution is -2.70. The van der Waals surface area contributed by atoms with Crippen molar-refractivity contribution >= 4 is 29.6 Å². The molecule has 0 aliphatic carbocycles. The lowest BCUT2D eigenvalue weighted by molar-refractivity contribution is -0.156. The van der Waals surface area contributed by atoms with Crippen molar-refractivity contribution in [2.75, 3.05) is 17.7 Å². The Bertz CT molecular complexity index is 1230. The molecule has 3 aromatic rings. The predicted octanol–water partition coefficient (Wildman–Crippen LogP) is 2.29. The highest BCUT2D eigenvalue weighted by Gasteiger charge is 2.55. The number of aromatic nitrogens is 3. The van der Waals surface area contributed by atoms with Crippen LogP contribution in [0.1, 0.15) is 30.5 Å². The number of carbonyl (C=O) groups is 3. The molecule has 0 saturated carbocycles. The number of β-lactam (4-membered cyclic amide) rings is 1. The second-order valence-corrected chi connectivity index (χ2v) is 8.61. The van der Waals surface area contributed by atoms with Crippen LogP contribution in [0.4, 0.5) is 16.6 Å². The second kappa shape index (κ2) is 9.96. The van der Waals surface area contributed by atoms with E-state index >= 15 is 0 Å². The molecule has 0 radical (unpaired) electrons. The molecule has 1 aliphatic rings. The summed E-state index contributed by atoms with van der Waals surface area (Å²) in [6.07, 6.45) is 5.75. The zero-order valence-corrected chi connectivity index (χ0v) is 20.0. The number of hydrogen-bond acceptors (Lipinski definition) is 6. The van der Waals surface area contributed by atoms with E-state index in [1.165, 1.54) is 4.90 Å². The normalized spacial score (nSPS) is 18.0. The molecule has 3 N–H and O–H groups in total. The van der Waals surface area contributed by atoms with E-state index in [4.69, 9.17) is 5.73 Å². The summed E-state index contributed by atoms with van der Waals surface area (Å²) in [7, 11) is 3.36. The Balaban J connectivity index is 1.60. The topological polar surface area (TPSA) is 126 Å². The Morgan fingerprint density at radius 2 is 1.91 bits per heavy atom. The minimum Gasteiger partial charge on any atom is -0.384 e. The van der Waals surface area contributed by atoms with Crippen LogP contribution in [0.25, 0.3) is 0 Å². The molecule has 0 spiro atoms. The van der Waals surface area contributed by atoms with Crippen LogP contribution >= 0.6 is 0 Å². The molecule has 35 heavy (non-hydrogen) atoms. The summed E-state index contributed by atoms with van der Waals surface area (Å²) in [4.78, 5) is 50.7. The molecule has 1 fully saturated rings. The molecule has 1 saturated heterocycles. The monoisotopic (exact) mass is 475 g/mol. The van der Waals surface area contributed by atoms with E-state index in [1.54, 1.807) is 49.4 Å². The van der Waals surface area contributed by atoms with E-state index in [1.807, 2.05) is 37.3 Å². The van der Waals surface area contributed by atoms with Crippen LogP contribution in [0, 0.1) is 5.92 Å². The van der Waals surface area contributed by atoms with Gasteiger partial charge in [-0.2, -0.15) is 0 Å². The molecule has 3 heterocycles. The van der Waals surface area contributed by atoms with Gasteiger partial charge in [0.15, 0.2) is 0 Å². The van der Waals surface area contributed by atoms with E-state index in [0.717, 1.165) is 16.0 Å². The number of nitrogens with zero attached hydrogens (tertiary/aromatic N) is 5. The highest BCUT2D eigenvalue weighted by atomic mass is 16.2. The molecule has 3 atom stereocenters. The van der Waals surface area contributed by atoms with Crippen molar-refractivity contribution in [2.45, 2.75) is 31.8 Å². The van der Waals surface area contributed by atoms with Crippen LogP contribution in [-0.2, 0) is 23.1 Å². The van der Waals surface area contributed by atoms with Gasteiger partial charge in [0.2, 0.25) is 11.9 Å². The van der Waals surface area contributed by atoms with Crippen molar-refractivity contribution in [1.29, 1.82) is 0 Å². The van der Waals surface area contributed by atoms with Crippen LogP contribution < -0.4 is 16.0 Å². The number of anilines is 2. The lowest BCUT2D eigenvalue weighted by atomic mass is 9.81. The molecule has 2 aromatic heterocycles. The van der Waals surface area contributed by atoms with Crippen molar-refractivity contribution in [3.8, 4) is 0 Å². The molecule has 0 bridgehead atoms. The number of likely N-dealkylation sites (tertiary alicyclic amines) is 1. The fourth-order valence-electron chi connectivity index (χ4n) is 4.43. The van der Waals surface area contributed by atoms with Gasteiger partial charge in [-0.1, -0.05) is 37.3 Å². The number of carbonyl (C=O) groups excluding carboxylic acids is 3. The molecule has 4 amide bonds. The summed E-state index contributed by atoms with van der Waals surface area (Å²) in [6, 6.07) is 11.1. The first-order valence-electron chi connectivity index (χ1n) is 11.5. The molecule has 1 aromatic carbocycles. The number of nitrogens with two attached hydrogens (primary N) is 1. The molecule has 182 valence electrons. The van der Waals surface area contributed by atoms with Crippen LogP contribution in [-0.4, -0.2) is 50.4 Å². The number of nitrogen functional groups attached to an aromatic ring is 1. The van der Waals surface area contributed by atoms with Gasteiger partial charge in [-0.15, -0.1) is 0 Å². The average molecular weight is 476 g/mol. The van der Waals surface area contributed by atoms with E-state index in [-0.39, 0.29) is 12.5 Å². The van der Waals surface area contributed by atoms with Gasteiger partial charge < -0.3 is 15.6 Å². The number of aryl methyl sites for hydroxylation is 1. The minimum absolute atomic E-state index is 0.260. The Kier molecular flexibility index (Phi) is 6.81. The number of rotatable bonds is 7. The summed E-state index contributed by atoms with van der Waals surface area (Å²) in [5.74, 6) is -0.779. The quantitative estimate of drug-likeness (QED) is 0.505. The summed E-state index contributed by atoms with van der Waals surface area (Å²) < 4.78 is 1.70. The number of urea groups is 1. The summed E-state index contributed by atoms with van der Waals surface area (Å²) in [5.41, 5.74) is 7.49. The number of hydrogen-bond donors (Lipinski definition) is 2. The van der Waals surface area contributed by atoms with Gasteiger partial charge in [0.25, 0.3) is 5.91 Å². The fourth-order valence-corrected chi connectivity index (χ4v) is 4.43.